The van der Waals surface area contributed by atoms with Crippen LogP contribution in [-0.4, -0.2) is 29.7 Å². The Hall–Kier alpha value is -1.83. The van der Waals surface area contributed by atoms with Gasteiger partial charge in [-0.25, -0.2) is 13.2 Å². The molecule has 1 N–H and O–H groups in total. The summed E-state index contributed by atoms with van der Waals surface area (Å²) in [6.07, 6.45) is 1.44. The summed E-state index contributed by atoms with van der Waals surface area (Å²) in [4.78, 5) is 12.2. The molecule has 0 saturated carbocycles. The van der Waals surface area contributed by atoms with E-state index in [-0.39, 0.29) is 17.0 Å². The van der Waals surface area contributed by atoms with Crippen LogP contribution in [0.2, 0.25) is 0 Å². The van der Waals surface area contributed by atoms with Gasteiger partial charge in [0, 0.05) is 11.4 Å². The maximum absolute atomic E-state index is 13.0. The van der Waals surface area contributed by atoms with Crippen LogP contribution in [0.25, 0.3) is 0 Å². The first-order valence-electron chi connectivity index (χ1n) is 8.49. The van der Waals surface area contributed by atoms with Crippen LogP contribution in [0.15, 0.2) is 52.3 Å². The maximum atomic E-state index is 13.0. The SMILES string of the molecule is CCc1ccc(SN(CC)S(=O)(=O)c2ccc(CC)c(C(=O)O)c2)cc1. The number of carboxylic acids is 1. The molecule has 0 bridgehead atoms. The smallest absolute Gasteiger partial charge is 0.336 e. The maximum Gasteiger partial charge on any atom is 0.336 e. The van der Waals surface area contributed by atoms with E-state index in [1.807, 2.05) is 31.2 Å². The third-order valence-electron chi connectivity index (χ3n) is 4.06. The highest BCUT2D eigenvalue weighted by molar-refractivity contribution is 8.08. The Morgan fingerprint density at radius 1 is 1.04 bits per heavy atom. The van der Waals surface area contributed by atoms with E-state index >= 15 is 0 Å². The molecule has 0 aromatic heterocycles. The number of sulfonamides is 1. The molecule has 140 valence electrons. The van der Waals surface area contributed by atoms with Crippen molar-refractivity contribution in [2.75, 3.05) is 6.54 Å². The second kappa shape index (κ2) is 8.70. The van der Waals surface area contributed by atoms with Gasteiger partial charge < -0.3 is 5.11 Å². The van der Waals surface area contributed by atoms with Gasteiger partial charge >= 0.3 is 5.97 Å². The van der Waals surface area contributed by atoms with Crippen LogP contribution in [0.3, 0.4) is 0 Å². The Balaban J connectivity index is 2.36. The normalized spacial score (nSPS) is 11.7. The zero-order valence-corrected chi connectivity index (χ0v) is 16.7. The van der Waals surface area contributed by atoms with E-state index in [4.69, 9.17) is 0 Å². The van der Waals surface area contributed by atoms with E-state index in [0.717, 1.165) is 23.3 Å². The molecule has 0 spiro atoms. The summed E-state index contributed by atoms with van der Waals surface area (Å²) in [6.45, 7) is 5.92. The lowest BCUT2D eigenvalue weighted by atomic mass is 10.1. The van der Waals surface area contributed by atoms with Crippen LogP contribution in [0.1, 0.15) is 42.3 Å². The van der Waals surface area contributed by atoms with E-state index in [0.29, 0.717) is 12.0 Å². The van der Waals surface area contributed by atoms with Gasteiger partial charge in [0.25, 0.3) is 10.0 Å². The molecule has 0 aliphatic heterocycles. The second-order valence-electron chi connectivity index (χ2n) is 5.69. The lowest BCUT2D eigenvalue weighted by Gasteiger charge is -2.20. The fourth-order valence-corrected chi connectivity index (χ4v) is 5.14. The van der Waals surface area contributed by atoms with Gasteiger partial charge in [-0.1, -0.05) is 39.0 Å². The van der Waals surface area contributed by atoms with Gasteiger partial charge in [-0.2, -0.15) is 0 Å². The Morgan fingerprint density at radius 2 is 1.69 bits per heavy atom. The van der Waals surface area contributed by atoms with Gasteiger partial charge in [0.1, 0.15) is 0 Å². The summed E-state index contributed by atoms with van der Waals surface area (Å²) in [6, 6.07) is 12.0. The predicted molar refractivity (Wildman–Crippen MR) is 104 cm³/mol. The molecule has 7 heteroatoms. The Bertz CT molecular complexity index is 877. The van der Waals surface area contributed by atoms with Crippen molar-refractivity contribution in [2.45, 2.75) is 43.4 Å². The van der Waals surface area contributed by atoms with E-state index in [1.165, 1.54) is 21.4 Å². The minimum absolute atomic E-state index is 0.00775. The van der Waals surface area contributed by atoms with Gasteiger partial charge in [-0.3, -0.25) is 0 Å². The third-order valence-corrected chi connectivity index (χ3v) is 7.46. The fraction of sp³-hybridized carbons (Fsp3) is 0.316. The van der Waals surface area contributed by atoms with Crippen molar-refractivity contribution >= 4 is 27.9 Å². The van der Waals surface area contributed by atoms with Crippen molar-refractivity contribution in [1.29, 1.82) is 0 Å². The molecule has 0 aliphatic rings. The number of hydrogen-bond acceptors (Lipinski definition) is 4. The number of carbonyl (C=O) groups is 1. The van der Waals surface area contributed by atoms with Gasteiger partial charge in [-0.15, -0.1) is 3.71 Å². The zero-order valence-electron chi connectivity index (χ0n) is 15.1. The topological polar surface area (TPSA) is 74.7 Å². The second-order valence-corrected chi connectivity index (χ2v) is 8.88. The number of carboxylic acid groups (broad SMARTS) is 1. The highest BCUT2D eigenvalue weighted by Gasteiger charge is 2.26. The number of aryl methyl sites for hydroxylation is 2. The number of benzene rings is 2. The first kappa shape index (κ1) is 20.5. The molecule has 5 nitrogen and oxygen atoms in total. The molecular formula is C19H23NO4S2. The number of nitrogens with zero attached hydrogens (tertiary/aromatic N) is 1. The summed E-state index contributed by atoms with van der Waals surface area (Å²) in [5, 5.41) is 9.35. The van der Waals surface area contributed by atoms with Crippen molar-refractivity contribution in [3.8, 4) is 0 Å². The molecular weight excluding hydrogens is 370 g/mol. The van der Waals surface area contributed by atoms with Crippen LogP contribution < -0.4 is 0 Å². The molecule has 0 fully saturated rings. The lowest BCUT2D eigenvalue weighted by Crippen LogP contribution is -2.24. The molecule has 0 saturated heterocycles. The summed E-state index contributed by atoms with van der Waals surface area (Å²) in [5.41, 5.74) is 1.82. The minimum atomic E-state index is -3.81. The van der Waals surface area contributed by atoms with Crippen LogP contribution in [0, 0.1) is 0 Å². The zero-order chi connectivity index (χ0) is 19.3. The molecule has 0 unspecified atom stereocenters. The Labute approximate surface area is 159 Å². The first-order chi connectivity index (χ1) is 12.3. The molecule has 0 heterocycles. The number of aromatic carboxylic acids is 1. The molecule has 0 atom stereocenters. The van der Waals surface area contributed by atoms with E-state index in [2.05, 4.69) is 6.92 Å². The predicted octanol–water partition coefficient (Wildman–Crippen LogP) is 4.23. The Morgan fingerprint density at radius 3 is 2.19 bits per heavy atom. The largest absolute Gasteiger partial charge is 0.478 e. The third kappa shape index (κ3) is 4.47. The molecule has 0 aliphatic carbocycles. The van der Waals surface area contributed by atoms with Gasteiger partial charge in [0.15, 0.2) is 0 Å². The van der Waals surface area contributed by atoms with Crippen molar-refractivity contribution in [2.24, 2.45) is 0 Å². The van der Waals surface area contributed by atoms with Crippen LogP contribution in [0.5, 0.6) is 0 Å². The standard InChI is InChI=1S/C19H23NO4S2/c1-4-14-7-10-16(11-8-14)25-20(6-3)26(23,24)17-12-9-15(5-2)18(13-17)19(21)22/h7-13H,4-6H2,1-3H3,(H,21,22). The van der Waals surface area contributed by atoms with Crippen LogP contribution >= 0.6 is 11.9 Å². The number of hydrogen-bond donors (Lipinski definition) is 1. The van der Waals surface area contributed by atoms with Crippen molar-refractivity contribution in [1.82, 2.24) is 3.71 Å². The van der Waals surface area contributed by atoms with Crippen molar-refractivity contribution < 1.29 is 18.3 Å². The van der Waals surface area contributed by atoms with E-state index in [9.17, 15) is 18.3 Å². The van der Waals surface area contributed by atoms with Crippen molar-refractivity contribution in [3.05, 3.63) is 59.2 Å². The highest BCUT2D eigenvalue weighted by atomic mass is 32.3. The lowest BCUT2D eigenvalue weighted by molar-refractivity contribution is 0.0695. The summed E-state index contributed by atoms with van der Waals surface area (Å²) >= 11 is 1.13. The number of rotatable bonds is 8. The monoisotopic (exact) mass is 393 g/mol. The summed E-state index contributed by atoms with van der Waals surface area (Å²) < 4.78 is 27.2. The summed E-state index contributed by atoms with van der Waals surface area (Å²) in [7, 11) is -3.81. The van der Waals surface area contributed by atoms with Crippen LogP contribution in [-0.2, 0) is 22.9 Å². The molecule has 26 heavy (non-hydrogen) atoms. The minimum Gasteiger partial charge on any atom is -0.478 e. The highest BCUT2D eigenvalue weighted by Crippen LogP contribution is 2.30. The Kier molecular flexibility index (Phi) is 6.86. The van der Waals surface area contributed by atoms with Crippen molar-refractivity contribution in [3.63, 3.8) is 0 Å². The molecule has 2 aromatic carbocycles. The molecule has 0 amide bonds. The molecule has 0 radical (unpaired) electrons. The van der Waals surface area contributed by atoms with Gasteiger partial charge in [0.2, 0.25) is 0 Å². The van der Waals surface area contributed by atoms with Crippen LogP contribution in [0.4, 0.5) is 0 Å². The van der Waals surface area contributed by atoms with Gasteiger partial charge in [0.05, 0.1) is 10.5 Å². The fourth-order valence-electron chi connectivity index (χ4n) is 2.53. The van der Waals surface area contributed by atoms with E-state index in [1.54, 1.807) is 13.0 Å². The molecule has 2 aromatic rings. The van der Waals surface area contributed by atoms with E-state index < -0.39 is 16.0 Å². The molecule has 2 rings (SSSR count). The average molecular weight is 394 g/mol. The average Bonchev–Trinajstić information content (AvgIpc) is 2.65. The first-order valence-corrected chi connectivity index (χ1v) is 10.7. The quantitative estimate of drug-likeness (QED) is 0.680. The summed E-state index contributed by atoms with van der Waals surface area (Å²) in [5.74, 6) is -1.12. The van der Waals surface area contributed by atoms with Gasteiger partial charge in [-0.05, 0) is 60.2 Å².